The van der Waals surface area contributed by atoms with Gasteiger partial charge >= 0.3 is 5.97 Å². The van der Waals surface area contributed by atoms with Gasteiger partial charge in [-0.2, -0.15) is 0 Å². The molecule has 1 fully saturated rings. The molecule has 1 saturated carbocycles. The molecular weight excluding hydrogens is 253 g/mol. The first-order valence-electron chi connectivity index (χ1n) is 5.97. The number of hydrogen-bond acceptors (Lipinski definition) is 3. The fourth-order valence-electron chi connectivity index (χ4n) is 1.73. The molecule has 1 aromatic carbocycles. The Morgan fingerprint density at radius 1 is 1.47 bits per heavy atom. The van der Waals surface area contributed by atoms with Crippen LogP contribution in [0.1, 0.15) is 12.8 Å². The second kappa shape index (κ2) is 5.69. The lowest BCUT2D eigenvalue weighted by atomic mass is 10.2. The van der Waals surface area contributed by atoms with Gasteiger partial charge in [0.2, 0.25) is 0 Å². The maximum atomic E-state index is 12.9. The van der Waals surface area contributed by atoms with Crippen molar-refractivity contribution in [1.29, 1.82) is 0 Å². The number of amides is 1. The Hall–Kier alpha value is -2.11. The maximum absolute atomic E-state index is 12.9. The molecule has 2 rings (SSSR count). The highest BCUT2D eigenvalue weighted by Gasteiger charge is 2.37. The smallest absolute Gasteiger partial charge is 0.326 e. The summed E-state index contributed by atoms with van der Waals surface area (Å²) in [4.78, 5) is 22.5. The molecule has 1 aliphatic rings. The predicted molar refractivity (Wildman–Crippen MR) is 64.2 cm³/mol. The van der Waals surface area contributed by atoms with Gasteiger partial charge in [0, 0.05) is 6.07 Å². The van der Waals surface area contributed by atoms with Crippen LogP contribution < -0.4 is 10.1 Å². The molecule has 1 unspecified atom stereocenters. The van der Waals surface area contributed by atoms with Gasteiger partial charge in [-0.3, -0.25) is 4.79 Å². The number of halogens is 1. The van der Waals surface area contributed by atoms with Crippen LogP contribution in [0.2, 0.25) is 0 Å². The van der Waals surface area contributed by atoms with Crippen molar-refractivity contribution in [2.75, 3.05) is 6.61 Å². The summed E-state index contributed by atoms with van der Waals surface area (Å²) in [5, 5.41) is 11.4. The van der Waals surface area contributed by atoms with Crippen molar-refractivity contribution in [3.8, 4) is 5.75 Å². The van der Waals surface area contributed by atoms with E-state index in [1.54, 1.807) is 0 Å². The van der Waals surface area contributed by atoms with Gasteiger partial charge in [0.1, 0.15) is 17.6 Å². The first-order chi connectivity index (χ1) is 9.06. The molecule has 0 aliphatic heterocycles. The second-order valence-electron chi connectivity index (χ2n) is 4.47. The average Bonchev–Trinajstić information content (AvgIpc) is 3.17. The lowest BCUT2D eigenvalue weighted by molar-refractivity contribution is -0.142. The quantitative estimate of drug-likeness (QED) is 0.811. The molecule has 0 saturated heterocycles. The van der Waals surface area contributed by atoms with E-state index in [2.05, 4.69) is 5.32 Å². The van der Waals surface area contributed by atoms with E-state index in [0.29, 0.717) is 0 Å². The zero-order chi connectivity index (χ0) is 13.8. The topological polar surface area (TPSA) is 75.6 Å². The first kappa shape index (κ1) is 13.3. The predicted octanol–water partition coefficient (Wildman–Crippen LogP) is 1.18. The number of carbonyl (C=O) groups is 2. The van der Waals surface area contributed by atoms with Crippen LogP contribution in [-0.4, -0.2) is 29.6 Å². The van der Waals surface area contributed by atoms with E-state index in [1.165, 1.54) is 18.2 Å². The largest absolute Gasteiger partial charge is 0.484 e. The number of ether oxygens (including phenoxy) is 1. The Labute approximate surface area is 109 Å². The number of benzene rings is 1. The molecule has 0 aromatic heterocycles. The Morgan fingerprint density at radius 3 is 2.79 bits per heavy atom. The van der Waals surface area contributed by atoms with Crippen LogP contribution >= 0.6 is 0 Å². The van der Waals surface area contributed by atoms with Crippen LogP contribution in [0.25, 0.3) is 0 Å². The monoisotopic (exact) mass is 267 g/mol. The van der Waals surface area contributed by atoms with Crippen LogP contribution in [0.5, 0.6) is 5.75 Å². The van der Waals surface area contributed by atoms with Crippen molar-refractivity contribution in [1.82, 2.24) is 5.32 Å². The molecule has 6 heteroatoms. The van der Waals surface area contributed by atoms with Crippen LogP contribution in [0.15, 0.2) is 24.3 Å². The summed E-state index contributed by atoms with van der Waals surface area (Å²) < 4.78 is 17.9. The van der Waals surface area contributed by atoms with E-state index in [1.807, 2.05) is 0 Å². The van der Waals surface area contributed by atoms with Gasteiger partial charge in [-0.15, -0.1) is 0 Å². The van der Waals surface area contributed by atoms with E-state index in [-0.39, 0.29) is 18.3 Å². The highest BCUT2D eigenvalue weighted by Crippen LogP contribution is 2.32. The SMILES string of the molecule is O=C(COc1cccc(F)c1)NC(C(=O)O)C1CC1. The molecular formula is C13H14FNO4. The summed E-state index contributed by atoms with van der Waals surface area (Å²) >= 11 is 0. The molecule has 0 bridgehead atoms. The second-order valence-corrected chi connectivity index (χ2v) is 4.47. The summed E-state index contributed by atoms with van der Waals surface area (Å²) in [5.74, 6) is -1.78. The first-order valence-corrected chi connectivity index (χ1v) is 5.97. The van der Waals surface area contributed by atoms with E-state index < -0.39 is 23.7 Å². The number of aliphatic carboxylic acids is 1. The summed E-state index contributed by atoms with van der Waals surface area (Å²) in [7, 11) is 0. The Morgan fingerprint density at radius 2 is 2.21 bits per heavy atom. The van der Waals surface area contributed by atoms with Gasteiger partial charge in [0.25, 0.3) is 5.91 Å². The van der Waals surface area contributed by atoms with Crippen molar-refractivity contribution < 1.29 is 23.8 Å². The summed E-state index contributed by atoms with van der Waals surface area (Å²) in [5.41, 5.74) is 0. The third-order valence-corrected chi connectivity index (χ3v) is 2.84. The minimum atomic E-state index is -1.04. The zero-order valence-electron chi connectivity index (χ0n) is 10.1. The normalized spacial score (nSPS) is 15.6. The van der Waals surface area contributed by atoms with Crippen molar-refractivity contribution in [2.24, 2.45) is 5.92 Å². The number of rotatable bonds is 6. The average molecular weight is 267 g/mol. The van der Waals surface area contributed by atoms with Crippen molar-refractivity contribution in [3.05, 3.63) is 30.1 Å². The minimum absolute atomic E-state index is 0.00983. The Bertz CT molecular complexity index is 487. The van der Waals surface area contributed by atoms with Gasteiger partial charge in [0.15, 0.2) is 6.61 Å². The van der Waals surface area contributed by atoms with E-state index in [9.17, 15) is 14.0 Å². The zero-order valence-corrected chi connectivity index (χ0v) is 10.1. The summed E-state index contributed by atoms with van der Waals surface area (Å²) in [6, 6.07) is 4.55. The minimum Gasteiger partial charge on any atom is -0.484 e. The van der Waals surface area contributed by atoms with E-state index in [4.69, 9.17) is 9.84 Å². The Balaban J connectivity index is 1.82. The summed E-state index contributed by atoms with van der Waals surface area (Å²) in [6.07, 6.45) is 1.62. The molecule has 5 nitrogen and oxygen atoms in total. The molecule has 2 N–H and O–H groups in total. The molecule has 0 spiro atoms. The van der Waals surface area contributed by atoms with E-state index >= 15 is 0 Å². The molecule has 1 amide bonds. The van der Waals surface area contributed by atoms with Crippen LogP contribution in [0, 0.1) is 11.7 Å². The lowest BCUT2D eigenvalue weighted by Gasteiger charge is -2.13. The third-order valence-electron chi connectivity index (χ3n) is 2.84. The molecule has 1 atom stereocenters. The molecule has 0 heterocycles. The fraction of sp³-hybridized carbons (Fsp3) is 0.385. The number of carbonyl (C=O) groups excluding carboxylic acids is 1. The van der Waals surface area contributed by atoms with Gasteiger partial charge in [0.05, 0.1) is 0 Å². The molecule has 102 valence electrons. The number of carboxylic acids is 1. The third kappa shape index (κ3) is 3.94. The van der Waals surface area contributed by atoms with E-state index in [0.717, 1.165) is 18.9 Å². The molecule has 1 aliphatic carbocycles. The Kier molecular flexibility index (Phi) is 3.99. The van der Waals surface area contributed by atoms with Crippen molar-refractivity contribution >= 4 is 11.9 Å². The number of carboxylic acid groups (broad SMARTS) is 1. The number of hydrogen-bond donors (Lipinski definition) is 2. The van der Waals surface area contributed by atoms with Gasteiger partial charge in [-0.1, -0.05) is 6.07 Å². The van der Waals surface area contributed by atoms with Crippen LogP contribution in [0.3, 0.4) is 0 Å². The van der Waals surface area contributed by atoms with Crippen molar-refractivity contribution in [2.45, 2.75) is 18.9 Å². The van der Waals surface area contributed by atoms with Crippen molar-refractivity contribution in [3.63, 3.8) is 0 Å². The maximum Gasteiger partial charge on any atom is 0.326 e. The highest BCUT2D eigenvalue weighted by molar-refractivity contribution is 5.84. The summed E-state index contributed by atoms with van der Waals surface area (Å²) in [6.45, 7) is -0.333. The standard InChI is InChI=1S/C13H14FNO4/c14-9-2-1-3-10(6-9)19-7-11(16)15-12(13(17)18)8-4-5-8/h1-3,6,8,12H,4-5,7H2,(H,15,16)(H,17,18). The number of nitrogens with one attached hydrogen (secondary N) is 1. The molecule has 0 radical (unpaired) electrons. The van der Waals surface area contributed by atoms with Gasteiger partial charge in [-0.05, 0) is 30.9 Å². The van der Waals surface area contributed by atoms with Gasteiger partial charge < -0.3 is 15.2 Å². The molecule has 19 heavy (non-hydrogen) atoms. The van der Waals surface area contributed by atoms with Crippen LogP contribution in [0.4, 0.5) is 4.39 Å². The van der Waals surface area contributed by atoms with Crippen LogP contribution in [-0.2, 0) is 9.59 Å². The van der Waals surface area contributed by atoms with Gasteiger partial charge in [-0.25, -0.2) is 9.18 Å². The lowest BCUT2D eigenvalue weighted by Crippen LogP contribution is -2.44. The highest BCUT2D eigenvalue weighted by atomic mass is 19.1. The fourth-order valence-corrected chi connectivity index (χ4v) is 1.73. The molecule has 1 aromatic rings.